The van der Waals surface area contributed by atoms with Gasteiger partial charge in [0.25, 0.3) is 11.8 Å². The van der Waals surface area contributed by atoms with Crippen LogP contribution in [0.3, 0.4) is 0 Å². The number of halogens is 1. The van der Waals surface area contributed by atoms with E-state index >= 15 is 0 Å². The maximum Gasteiger partial charge on any atom is 0.289 e. The molecule has 0 radical (unpaired) electrons. The van der Waals surface area contributed by atoms with Gasteiger partial charge in [0.1, 0.15) is 12.2 Å². The van der Waals surface area contributed by atoms with Gasteiger partial charge in [-0.05, 0) is 48.5 Å². The van der Waals surface area contributed by atoms with Crippen LogP contribution in [-0.2, 0) is 11.3 Å². The molecule has 2 aromatic heterocycles. The standard InChI is InChI=1S/C22H21BrN4O4/c23-16-5-7-17(8-6-16)24-20(28)15-27-9-1-3-18(27)21(29)25-10-12-26(13-11-25)22(30)19-4-2-14-31-19/h1-9,14H,10-13,15H2,(H,24,28). The van der Waals surface area contributed by atoms with Gasteiger partial charge in [-0.25, -0.2) is 0 Å². The average molecular weight is 485 g/mol. The molecule has 1 saturated heterocycles. The first-order valence-corrected chi connectivity index (χ1v) is 10.6. The van der Waals surface area contributed by atoms with E-state index in [9.17, 15) is 14.4 Å². The number of piperazine rings is 1. The van der Waals surface area contributed by atoms with Crippen LogP contribution in [0.1, 0.15) is 21.0 Å². The number of amides is 3. The second kappa shape index (κ2) is 9.22. The van der Waals surface area contributed by atoms with Crippen LogP contribution in [0.25, 0.3) is 0 Å². The minimum Gasteiger partial charge on any atom is -0.459 e. The number of anilines is 1. The Morgan fingerprint density at radius 1 is 0.903 bits per heavy atom. The van der Waals surface area contributed by atoms with Crippen LogP contribution < -0.4 is 5.32 Å². The number of carbonyl (C=O) groups is 3. The Morgan fingerprint density at radius 3 is 2.23 bits per heavy atom. The molecule has 31 heavy (non-hydrogen) atoms. The molecule has 0 bridgehead atoms. The maximum atomic E-state index is 13.0. The molecule has 0 saturated carbocycles. The summed E-state index contributed by atoms with van der Waals surface area (Å²) in [4.78, 5) is 41.2. The van der Waals surface area contributed by atoms with Gasteiger partial charge in [0.2, 0.25) is 5.91 Å². The van der Waals surface area contributed by atoms with Crippen molar-refractivity contribution in [1.82, 2.24) is 14.4 Å². The number of benzene rings is 1. The van der Waals surface area contributed by atoms with E-state index in [-0.39, 0.29) is 24.3 Å². The summed E-state index contributed by atoms with van der Waals surface area (Å²) in [6, 6.07) is 14.0. The molecule has 8 nitrogen and oxygen atoms in total. The van der Waals surface area contributed by atoms with Crippen LogP contribution in [0, 0.1) is 0 Å². The molecule has 1 fully saturated rings. The Kier molecular flexibility index (Phi) is 6.22. The molecule has 1 aliphatic rings. The Hall–Kier alpha value is -3.33. The normalized spacial score (nSPS) is 13.8. The van der Waals surface area contributed by atoms with E-state index in [2.05, 4.69) is 21.2 Å². The fraction of sp³-hybridized carbons (Fsp3) is 0.227. The lowest BCUT2D eigenvalue weighted by molar-refractivity contribution is -0.116. The first-order valence-electron chi connectivity index (χ1n) is 9.84. The summed E-state index contributed by atoms with van der Waals surface area (Å²) in [6.07, 6.45) is 3.18. The summed E-state index contributed by atoms with van der Waals surface area (Å²) >= 11 is 3.36. The Balaban J connectivity index is 1.35. The van der Waals surface area contributed by atoms with Gasteiger partial charge in [-0.1, -0.05) is 15.9 Å². The van der Waals surface area contributed by atoms with Crippen LogP contribution >= 0.6 is 15.9 Å². The zero-order valence-corrected chi connectivity index (χ0v) is 18.2. The second-order valence-corrected chi connectivity index (χ2v) is 8.05. The third-order valence-electron chi connectivity index (χ3n) is 5.08. The van der Waals surface area contributed by atoms with Crippen molar-refractivity contribution >= 4 is 39.3 Å². The lowest BCUT2D eigenvalue weighted by Crippen LogP contribution is -2.50. The van der Waals surface area contributed by atoms with Crippen molar-refractivity contribution in [3.63, 3.8) is 0 Å². The van der Waals surface area contributed by atoms with Crippen LogP contribution in [0.2, 0.25) is 0 Å². The molecule has 0 atom stereocenters. The summed E-state index contributed by atoms with van der Waals surface area (Å²) in [6.45, 7) is 1.72. The number of aromatic nitrogens is 1. The maximum absolute atomic E-state index is 13.0. The van der Waals surface area contributed by atoms with E-state index in [1.165, 1.54) is 6.26 Å². The summed E-state index contributed by atoms with van der Waals surface area (Å²) in [7, 11) is 0. The highest BCUT2D eigenvalue weighted by Crippen LogP contribution is 2.15. The van der Waals surface area contributed by atoms with Gasteiger partial charge in [-0.15, -0.1) is 0 Å². The van der Waals surface area contributed by atoms with Gasteiger partial charge in [0, 0.05) is 42.5 Å². The van der Waals surface area contributed by atoms with E-state index in [1.54, 1.807) is 57.0 Å². The number of rotatable bonds is 5. The number of nitrogens with zero attached hydrogens (tertiary/aromatic N) is 3. The Morgan fingerprint density at radius 2 is 1.58 bits per heavy atom. The third kappa shape index (κ3) is 4.88. The molecule has 4 rings (SSSR count). The van der Waals surface area contributed by atoms with E-state index in [0.717, 1.165) is 4.47 Å². The minimum absolute atomic E-state index is 0.0289. The number of nitrogens with one attached hydrogen (secondary N) is 1. The van der Waals surface area contributed by atoms with Crippen LogP contribution in [0.15, 0.2) is 69.9 Å². The first-order chi connectivity index (χ1) is 15.0. The summed E-state index contributed by atoms with van der Waals surface area (Å²) in [5, 5.41) is 2.83. The zero-order valence-electron chi connectivity index (χ0n) is 16.7. The fourth-order valence-corrected chi connectivity index (χ4v) is 3.73. The van der Waals surface area contributed by atoms with Crippen molar-refractivity contribution in [1.29, 1.82) is 0 Å². The Labute approximate surface area is 187 Å². The van der Waals surface area contributed by atoms with Crippen molar-refractivity contribution in [2.75, 3.05) is 31.5 Å². The largest absolute Gasteiger partial charge is 0.459 e. The smallest absolute Gasteiger partial charge is 0.289 e. The first kappa shape index (κ1) is 20.9. The van der Waals surface area contributed by atoms with E-state index in [0.29, 0.717) is 43.3 Å². The van der Waals surface area contributed by atoms with Crippen LogP contribution in [-0.4, -0.2) is 58.3 Å². The van der Waals surface area contributed by atoms with Gasteiger partial charge in [-0.2, -0.15) is 0 Å². The SMILES string of the molecule is O=C(Cn1cccc1C(=O)N1CCN(C(=O)c2ccco2)CC1)Nc1ccc(Br)cc1. The van der Waals surface area contributed by atoms with E-state index in [4.69, 9.17) is 4.42 Å². The lowest BCUT2D eigenvalue weighted by Gasteiger charge is -2.34. The predicted octanol–water partition coefficient (Wildman–Crippen LogP) is 3.08. The number of hydrogen-bond acceptors (Lipinski definition) is 4. The molecule has 1 aromatic carbocycles. The molecule has 0 aliphatic carbocycles. The van der Waals surface area contributed by atoms with E-state index < -0.39 is 0 Å². The van der Waals surface area contributed by atoms with Crippen molar-refractivity contribution in [3.05, 3.63) is 76.9 Å². The number of hydrogen-bond donors (Lipinski definition) is 1. The lowest BCUT2D eigenvalue weighted by atomic mass is 10.2. The van der Waals surface area contributed by atoms with Crippen LogP contribution in [0.5, 0.6) is 0 Å². The van der Waals surface area contributed by atoms with Gasteiger partial charge >= 0.3 is 0 Å². The molecule has 0 unspecified atom stereocenters. The molecule has 9 heteroatoms. The second-order valence-electron chi connectivity index (χ2n) is 7.14. The quantitative estimate of drug-likeness (QED) is 0.602. The average Bonchev–Trinajstić information content (AvgIpc) is 3.47. The monoisotopic (exact) mass is 484 g/mol. The highest BCUT2D eigenvalue weighted by Gasteiger charge is 2.27. The van der Waals surface area contributed by atoms with Crippen molar-refractivity contribution < 1.29 is 18.8 Å². The summed E-state index contributed by atoms with van der Waals surface area (Å²) in [5.41, 5.74) is 1.13. The minimum atomic E-state index is -0.221. The molecular formula is C22H21BrN4O4. The molecule has 1 aliphatic heterocycles. The van der Waals surface area contributed by atoms with Crippen molar-refractivity contribution in [2.45, 2.75) is 6.54 Å². The molecule has 3 amide bonds. The Bertz CT molecular complexity index is 1070. The summed E-state index contributed by atoms with van der Waals surface area (Å²) in [5.74, 6) is -0.261. The molecule has 3 heterocycles. The molecule has 3 aromatic rings. The molecule has 0 spiro atoms. The van der Waals surface area contributed by atoms with Gasteiger partial charge in [0.05, 0.1) is 6.26 Å². The number of carbonyl (C=O) groups excluding carboxylic acids is 3. The number of furan rings is 1. The topological polar surface area (TPSA) is 87.8 Å². The molecular weight excluding hydrogens is 464 g/mol. The molecule has 160 valence electrons. The summed E-state index contributed by atoms with van der Waals surface area (Å²) < 4.78 is 7.73. The van der Waals surface area contributed by atoms with Gasteiger partial charge in [-0.3, -0.25) is 14.4 Å². The zero-order chi connectivity index (χ0) is 21.8. The van der Waals surface area contributed by atoms with Crippen LogP contribution in [0.4, 0.5) is 5.69 Å². The highest BCUT2D eigenvalue weighted by molar-refractivity contribution is 9.10. The van der Waals surface area contributed by atoms with Gasteiger partial charge < -0.3 is 24.1 Å². The predicted molar refractivity (Wildman–Crippen MR) is 118 cm³/mol. The highest BCUT2D eigenvalue weighted by atomic mass is 79.9. The van der Waals surface area contributed by atoms with Crippen molar-refractivity contribution in [2.24, 2.45) is 0 Å². The molecule has 1 N–H and O–H groups in total. The van der Waals surface area contributed by atoms with Crippen molar-refractivity contribution in [3.8, 4) is 0 Å². The van der Waals surface area contributed by atoms with E-state index in [1.807, 2.05) is 12.1 Å². The third-order valence-corrected chi connectivity index (χ3v) is 5.61. The van der Waals surface area contributed by atoms with Gasteiger partial charge in [0.15, 0.2) is 5.76 Å². The fourth-order valence-electron chi connectivity index (χ4n) is 3.47.